The van der Waals surface area contributed by atoms with Crippen molar-refractivity contribution in [1.29, 1.82) is 0 Å². The molecule has 1 N–H and O–H groups in total. The van der Waals surface area contributed by atoms with Crippen molar-refractivity contribution in [2.75, 3.05) is 29.9 Å². The summed E-state index contributed by atoms with van der Waals surface area (Å²) in [5.74, 6) is -0.123. The summed E-state index contributed by atoms with van der Waals surface area (Å²) in [4.78, 5) is 6.08. The molecule has 1 rings (SSSR count). The summed E-state index contributed by atoms with van der Waals surface area (Å²) in [6.07, 6.45) is 0.857. The van der Waals surface area contributed by atoms with Crippen LogP contribution in [0, 0.1) is 23.5 Å². The predicted molar refractivity (Wildman–Crippen MR) is 84.8 cm³/mol. The van der Waals surface area contributed by atoms with E-state index in [0.717, 1.165) is 12.5 Å². The van der Waals surface area contributed by atoms with E-state index in [1.165, 1.54) is 0 Å². The van der Waals surface area contributed by atoms with E-state index in [0.29, 0.717) is 31.5 Å². The van der Waals surface area contributed by atoms with Gasteiger partial charge in [-0.1, -0.05) is 34.6 Å². The van der Waals surface area contributed by atoms with Crippen LogP contribution in [0.5, 0.6) is 0 Å². The summed E-state index contributed by atoms with van der Waals surface area (Å²) in [5.41, 5.74) is 0. The highest BCUT2D eigenvalue weighted by atomic mass is 19.1. The van der Waals surface area contributed by atoms with E-state index in [9.17, 15) is 8.78 Å². The standard InChI is InChI=1S/C16H27F2N3/c1-6-7-19-15-13(17)8-14(18)16(20-15)21(9-11(2)3)10-12(4)5/h8,11-12H,6-7,9-10H2,1-5H3,(H,19,20). The Morgan fingerprint density at radius 2 is 1.67 bits per heavy atom. The zero-order valence-electron chi connectivity index (χ0n) is 13.7. The minimum absolute atomic E-state index is 0.130. The molecule has 120 valence electrons. The lowest BCUT2D eigenvalue weighted by molar-refractivity contribution is 0.524. The van der Waals surface area contributed by atoms with Gasteiger partial charge in [0, 0.05) is 25.7 Å². The van der Waals surface area contributed by atoms with Crippen LogP contribution in [-0.4, -0.2) is 24.6 Å². The second-order valence-electron chi connectivity index (χ2n) is 6.24. The number of rotatable bonds is 8. The maximum Gasteiger partial charge on any atom is 0.168 e. The van der Waals surface area contributed by atoms with Crippen molar-refractivity contribution in [2.24, 2.45) is 11.8 Å². The number of nitrogens with zero attached hydrogens (tertiary/aromatic N) is 2. The molecule has 1 aromatic rings. The molecule has 0 spiro atoms. The molecule has 0 fully saturated rings. The van der Waals surface area contributed by atoms with Crippen molar-refractivity contribution >= 4 is 11.6 Å². The third kappa shape index (κ3) is 5.48. The fourth-order valence-corrected chi connectivity index (χ4v) is 2.18. The number of pyridine rings is 1. The third-order valence-electron chi connectivity index (χ3n) is 2.92. The van der Waals surface area contributed by atoms with Gasteiger partial charge >= 0.3 is 0 Å². The Morgan fingerprint density at radius 1 is 1.10 bits per heavy atom. The largest absolute Gasteiger partial charge is 0.368 e. The smallest absolute Gasteiger partial charge is 0.168 e. The molecular formula is C16H27F2N3. The van der Waals surface area contributed by atoms with Crippen LogP contribution in [0.25, 0.3) is 0 Å². The second kappa shape index (κ2) is 8.15. The second-order valence-corrected chi connectivity index (χ2v) is 6.24. The highest BCUT2D eigenvalue weighted by Crippen LogP contribution is 2.24. The number of hydrogen-bond acceptors (Lipinski definition) is 3. The lowest BCUT2D eigenvalue weighted by Crippen LogP contribution is -2.33. The Hall–Kier alpha value is -1.39. The van der Waals surface area contributed by atoms with E-state index in [1.807, 2.05) is 11.8 Å². The average molecular weight is 299 g/mol. The van der Waals surface area contributed by atoms with E-state index in [-0.39, 0.29) is 11.6 Å². The van der Waals surface area contributed by atoms with E-state index in [4.69, 9.17) is 0 Å². The van der Waals surface area contributed by atoms with Gasteiger partial charge in [-0.05, 0) is 18.3 Å². The molecule has 0 bridgehead atoms. The summed E-state index contributed by atoms with van der Waals surface area (Å²) in [7, 11) is 0. The van der Waals surface area contributed by atoms with Crippen LogP contribution in [0.2, 0.25) is 0 Å². The van der Waals surface area contributed by atoms with Crippen molar-refractivity contribution in [1.82, 2.24) is 4.98 Å². The van der Waals surface area contributed by atoms with Gasteiger partial charge in [-0.25, -0.2) is 13.8 Å². The van der Waals surface area contributed by atoms with Crippen LogP contribution in [0.4, 0.5) is 20.4 Å². The Bertz CT molecular complexity index is 437. The molecule has 1 heterocycles. The van der Waals surface area contributed by atoms with Crippen molar-refractivity contribution in [3.05, 3.63) is 17.7 Å². The molecule has 1 aromatic heterocycles. The Labute approximate surface area is 126 Å². The fraction of sp³-hybridized carbons (Fsp3) is 0.688. The highest BCUT2D eigenvalue weighted by Gasteiger charge is 2.19. The molecule has 0 aliphatic heterocycles. The summed E-state index contributed by atoms with van der Waals surface area (Å²) < 4.78 is 27.9. The van der Waals surface area contributed by atoms with Crippen LogP contribution in [-0.2, 0) is 0 Å². The number of hydrogen-bond donors (Lipinski definition) is 1. The zero-order chi connectivity index (χ0) is 16.0. The Kier molecular flexibility index (Phi) is 6.85. The summed E-state index contributed by atoms with van der Waals surface area (Å²) >= 11 is 0. The molecule has 0 atom stereocenters. The van der Waals surface area contributed by atoms with Gasteiger partial charge in [-0.15, -0.1) is 0 Å². The normalized spacial score (nSPS) is 11.3. The Balaban J connectivity index is 3.10. The summed E-state index contributed by atoms with van der Waals surface area (Å²) in [5, 5.41) is 2.91. The molecule has 0 aliphatic carbocycles. The summed E-state index contributed by atoms with van der Waals surface area (Å²) in [6.45, 7) is 12.3. The molecule has 3 nitrogen and oxygen atoms in total. The molecule has 21 heavy (non-hydrogen) atoms. The van der Waals surface area contributed by atoms with Crippen LogP contribution in [0.15, 0.2) is 6.07 Å². The van der Waals surface area contributed by atoms with Gasteiger partial charge in [0.1, 0.15) is 0 Å². The molecule has 0 saturated carbocycles. The molecular weight excluding hydrogens is 272 g/mol. The van der Waals surface area contributed by atoms with Crippen molar-refractivity contribution in [3.8, 4) is 0 Å². The minimum atomic E-state index is -0.640. The van der Waals surface area contributed by atoms with E-state index < -0.39 is 11.6 Å². The quantitative estimate of drug-likeness (QED) is 0.775. The van der Waals surface area contributed by atoms with Gasteiger partial charge in [-0.2, -0.15) is 0 Å². The highest BCUT2D eigenvalue weighted by molar-refractivity contribution is 5.49. The fourth-order valence-electron chi connectivity index (χ4n) is 2.18. The van der Waals surface area contributed by atoms with E-state index in [2.05, 4.69) is 38.0 Å². The minimum Gasteiger partial charge on any atom is -0.368 e. The lowest BCUT2D eigenvalue weighted by Gasteiger charge is -2.28. The Morgan fingerprint density at radius 3 is 2.14 bits per heavy atom. The third-order valence-corrected chi connectivity index (χ3v) is 2.92. The van der Waals surface area contributed by atoms with Crippen molar-refractivity contribution in [2.45, 2.75) is 41.0 Å². The van der Waals surface area contributed by atoms with Crippen LogP contribution >= 0.6 is 0 Å². The maximum absolute atomic E-state index is 14.1. The SMILES string of the molecule is CCCNc1nc(N(CC(C)C)CC(C)C)c(F)cc1F. The molecule has 0 aromatic carbocycles. The number of aromatic nitrogens is 1. The zero-order valence-corrected chi connectivity index (χ0v) is 13.7. The number of nitrogens with one attached hydrogen (secondary N) is 1. The molecule has 0 aliphatic rings. The average Bonchev–Trinajstić information content (AvgIpc) is 2.36. The first-order valence-electron chi connectivity index (χ1n) is 7.70. The van der Waals surface area contributed by atoms with Crippen molar-refractivity contribution < 1.29 is 8.78 Å². The molecule has 0 saturated heterocycles. The first kappa shape index (κ1) is 17.7. The monoisotopic (exact) mass is 299 g/mol. The van der Waals surface area contributed by atoms with Gasteiger partial charge < -0.3 is 10.2 Å². The van der Waals surface area contributed by atoms with Crippen molar-refractivity contribution in [3.63, 3.8) is 0 Å². The first-order valence-corrected chi connectivity index (χ1v) is 7.70. The lowest BCUT2D eigenvalue weighted by atomic mass is 10.1. The molecule has 0 amide bonds. The van der Waals surface area contributed by atoms with Crippen LogP contribution in [0.1, 0.15) is 41.0 Å². The maximum atomic E-state index is 14.1. The first-order chi connectivity index (χ1) is 9.85. The predicted octanol–water partition coefficient (Wildman–Crippen LogP) is 4.30. The van der Waals surface area contributed by atoms with Crippen LogP contribution < -0.4 is 10.2 Å². The number of anilines is 2. The molecule has 5 heteroatoms. The van der Waals surface area contributed by atoms with Gasteiger partial charge in [-0.3, -0.25) is 0 Å². The van der Waals surface area contributed by atoms with Gasteiger partial charge in [0.15, 0.2) is 23.3 Å². The van der Waals surface area contributed by atoms with Gasteiger partial charge in [0.2, 0.25) is 0 Å². The molecule has 0 unspecified atom stereocenters. The number of halogens is 2. The van der Waals surface area contributed by atoms with Gasteiger partial charge in [0.05, 0.1) is 0 Å². The summed E-state index contributed by atoms with van der Waals surface area (Å²) in [6, 6.07) is 0.925. The molecule has 0 radical (unpaired) electrons. The van der Waals surface area contributed by atoms with Crippen LogP contribution in [0.3, 0.4) is 0 Å². The van der Waals surface area contributed by atoms with E-state index >= 15 is 0 Å². The van der Waals surface area contributed by atoms with E-state index in [1.54, 1.807) is 0 Å². The van der Waals surface area contributed by atoms with Gasteiger partial charge in [0.25, 0.3) is 0 Å². The topological polar surface area (TPSA) is 28.2 Å².